The predicted molar refractivity (Wildman–Crippen MR) is 99.6 cm³/mol. The number of hydrogen-bond donors (Lipinski definition) is 1. The van der Waals surface area contributed by atoms with Crippen LogP contribution in [0.2, 0.25) is 0 Å². The zero-order valence-electron chi connectivity index (χ0n) is 12.8. The summed E-state index contributed by atoms with van der Waals surface area (Å²) in [6.45, 7) is 6.08. The fourth-order valence-electron chi connectivity index (χ4n) is 2.21. The Morgan fingerprint density at radius 2 is 2.33 bits per heavy atom. The highest BCUT2D eigenvalue weighted by Crippen LogP contribution is 2.38. The Morgan fingerprint density at radius 1 is 1.58 bits per heavy atom. The Morgan fingerprint density at radius 3 is 2.79 bits per heavy atom. The molecule has 2 aromatic heterocycles. The highest BCUT2D eigenvalue weighted by atomic mass is 79.9. The van der Waals surface area contributed by atoms with Gasteiger partial charge in [-0.05, 0) is 34.3 Å². The number of aliphatic carboxylic acids is 1. The Balaban J connectivity index is 2.67. The molecule has 0 aliphatic carbocycles. The van der Waals surface area contributed by atoms with E-state index in [1.54, 1.807) is 12.3 Å². The molecule has 2 rings (SSSR count). The molecule has 0 aromatic carbocycles. The van der Waals surface area contributed by atoms with Gasteiger partial charge in [0.2, 0.25) is 0 Å². The number of rotatable bonds is 7. The molecule has 0 saturated carbocycles. The molecule has 1 atom stereocenters. The van der Waals surface area contributed by atoms with Crippen LogP contribution in [0.1, 0.15) is 22.9 Å². The minimum Gasteiger partial charge on any atom is -0.477 e. The first-order valence-corrected chi connectivity index (χ1v) is 9.44. The molecule has 1 unspecified atom stereocenters. The summed E-state index contributed by atoms with van der Waals surface area (Å²) in [6, 6.07) is 3.46. The van der Waals surface area contributed by atoms with Crippen LogP contribution in [0.15, 0.2) is 45.7 Å². The van der Waals surface area contributed by atoms with Gasteiger partial charge in [-0.3, -0.25) is 0 Å². The quantitative estimate of drug-likeness (QED) is 0.401. The minimum atomic E-state index is -1.26. The predicted octanol–water partition coefficient (Wildman–Crippen LogP) is 4.54. The van der Waals surface area contributed by atoms with E-state index in [0.29, 0.717) is 17.1 Å². The summed E-state index contributed by atoms with van der Waals surface area (Å²) < 4.78 is 0.747. The van der Waals surface area contributed by atoms with Crippen LogP contribution in [0.5, 0.6) is 0 Å². The molecule has 0 aliphatic heterocycles. The maximum atomic E-state index is 11.6. The van der Waals surface area contributed by atoms with E-state index in [4.69, 9.17) is 0 Å². The lowest BCUT2D eigenvalue weighted by atomic mass is 10.1. The molecular formula is C16H14BrN3O2S2. The molecular weight excluding hydrogens is 410 g/mol. The minimum absolute atomic E-state index is 0.199. The third-order valence-corrected chi connectivity index (χ3v) is 6.07. The lowest BCUT2D eigenvalue weighted by molar-refractivity contribution is -0.132. The zero-order chi connectivity index (χ0) is 17.7. The van der Waals surface area contributed by atoms with E-state index in [0.717, 1.165) is 9.48 Å². The van der Waals surface area contributed by atoms with Crippen molar-refractivity contribution in [2.75, 3.05) is 6.54 Å². The molecule has 0 bridgehead atoms. The van der Waals surface area contributed by atoms with E-state index < -0.39 is 5.97 Å². The van der Waals surface area contributed by atoms with Crippen LogP contribution in [-0.4, -0.2) is 27.5 Å². The lowest BCUT2D eigenvalue weighted by Gasteiger charge is -2.31. The second-order valence-corrected chi connectivity index (χ2v) is 7.42. The third-order valence-electron chi connectivity index (χ3n) is 3.28. The first-order chi connectivity index (χ1) is 11.5. The summed E-state index contributed by atoms with van der Waals surface area (Å²) >= 11 is 6.30. The summed E-state index contributed by atoms with van der Waals surface area (Å²) in [6.07, 6.45) is 3.39. The van der Waals surface area contributed by atoms with Crippen molar-refractivity contribution in [3.05, 3.63) is 55.6 Å². The van der Waals surface area contributed by atoms with Crippen molar-refractivity contribution in [1.29, 1.82) is 5.26 Å². The van der Waals surface area contributed by atoms with E-state index in [-0.39, 0.29) is 11.6 Å². The van der Waals surface area contributed by atoms with E-state index >= 15 is 0 Å². The van der Waals surface area contributed by atoms with E-state index in [1.807, 2.05) is 34.7 Å². The molecule has 24 heavy (non-hydrogen) atoms. The molecule has 124 valence electrons. The van der Waals surface area contributed by atoms with Gasteiger partial charge < -0.3 is 10.0 Å². The van der Waals surface area contributed by atoms with Crippen molar-refractivity contribution < 1.29 is 9.90 Å². The number of aromatic nitrogens is 1. The lowest BCUT2D eigenvalue weighted by Crippen LogP contribution is -2.28. The fourth-order valence-corrected chi connectivity index (χ4v) is 4.54. The van der Waals surface area contributed by atoms with Gasteiger partial charge in [-0.25, -0.2) is 9.78 Å². The topological polar surface area (TPSA) is 77.2 Å². The van der Waals surface area contributed by atoms with Crippen LogP contribution in [0.4, 0.5) is 0 Å². The van der Waals surface area contributed by atoms with E-state index in [1.165, 1.54) is 22.7 Å². The molecule has 0 fully saturated rings. The first kappa shape index (κ1) is 18.4. The number of thiophene rings is 1. The largest absolute Gasteiger partial charge is 0.477 e. The number of carboxylic acid groups (broad SMARTS) is 1. The van der Waals surface area contributed by atoms with Crippen LogP contribution in [0.3, 0.4) is 0 Å². The molecule has 0 radical (unpaired) electrons. The third kappa shape index (κ3) is 3.75. The summed E-state index contributed by atoms with van der Waals surface area (Å²) in [4.78, 5) is 18.5. The second-order valence-electron chi connectivity index (χ2n) is 4.73. The van der Waals surface area contributed by atoms with Gasteiger partial charge in [0.15, 0.2) is 5.57 Å². The maximum absolute atomic E-state index is 11.6. The van der Waals surface area contributed by atoms with Crippen molar-refractivity contribution in [1.82, 2.24) is 9.88 Å². The SMILES string of the molecule is C=CCN(C(=C(C#N)C(=O)O)c1sccc1Br)C(C)c1nccs1. The Bertz CT molecular complexity index is 806. The molecule has 0 spiro atoms. The van der Waals surface area contributed by atoms with Crippen molar-refractivity contribution in [2.45, 2.75) is 13.0 Å². The van der Waals surface area contributed by atoms with Crippen molar-refractivity contribution in [3.8, 4) is 6.07 Å². The van der Waals surface area contributed by atoms with Crippen LogP contribution in [-0.2, 0) is 4.79 Å². The van der Waals surface area contributed by atoms with Gasteiger partial charge in [-0.2, -0.15) is 5.26 Å². The Hall–Kier alpha value is -1.95. The van der Waals surface area contributed by atoms with Crippen molar-refractivity contribution in [3.63, 3.8) is 0 Å². The van der Waals surface area contributed by atoms with Crippen LogP contribution >= 0.6 is 38.6 Å². The monoisotopic (exact) mass is 423 g/mol. The number of halogens is 1. The van der Waals surface area contributed by atoms with Gasteiger partial charge in [0.05, 0.1) is 16.6 Å². The average molecular weight is 424 g/mol. The van der Waals surface area contributed by atoms with Gasteiger partial charge in [0, 0.05) is 22.6 Å². The molecule has 0 saturated heterocycles. The number of carboxylic acids is 1. The molecule has 0 amide bonds. The highest BCUT2D eigenvalue weighted by Gasteiger charge is 2.28. The number of nitrogens with zero attached hydrogens (tertiary/aromatic N) is 3. The maximum Gasteiger partial charge on any atom is 0.348 e. The standard InChI is InChI=1S/C16H14BrN3O2S2/c1-3-6-20(10(2)15-19-5-8-24-15)13(11(9-18)16(21)22)14-12(17)4-7-23-14/h3-5,7-8,10H,1,6H2,2H3,(H,21,22). The summed E-state index contributed by atoms with van der Waals surface area (Å²) in [5.41, 5.74) is 0.0675. The highest BCUT2D eigenvalue weighted by molar-refractivity contribution is 9.10. The average Bonchev–Trinajstić information content (AvgIpc) is 3.21. The summed E-state index contributed by atoms with van der Waals surface area (Å²) in [5, 5.41) is 23.5. The second kappa shape index (κ2) is 8.24. The van der Waals surface area contributed by atoms with E-state index in [2.05, 4.69) is 27.5 Å². The number of hydrogen-bond acceptors (Lipinski definition) is 6. The Kier molecular flexibility index (Phi) is 6.31. The smallest absolute Gasteiger partial charge is 0.348 e. The molecule has 1 N–H and O–H groups in total. The zero-order valence-corrected chi connectivity index (χ0v) is 16.0. The van der Waals surface area contributed by atoms with Gasteiger partial charge in [0.25, 0.3) is 0 Å². The van der Waals surface area contributed by atoms with Gasteiger partial charge in [0.1, 0.15) is 11.1 Å². The summed E-state index contributed by atoms with van der Waals surface area (Å²) in [7, 11) is 0. The summed E-state index contributed by atoms with van der Waals surface area (Å²) in [5.74, 6) is -1.26. The molecule has 2 aromatic rings. The van der Waals surface area contributed by atoms with Crippen molar-refractivity contribution >= 4 is 50.3 Å². The molecule has 8 heteroatoms. The molecule has 2 heterocycles. The van der Waals surface area contributed by atoms with Gasteiger partial charge in [-0.15, -0.1) is 29.3 Å². The fraction of sp³-hybridized carbons (Fsp3) is 0.188. The van der Waals surface area contributed by atoms with Gasteiger partial charge in [-0.1, -0.05) is 6.08 Å². The van der Waals surface area contributed by atoms with Crippen LogP contribution < -0.4 is 0 Å². The number of carbonyl (C=O) groups is 1. The van der Waals surface area contributed by atoms with Crippen LogP contribution in [0, 0.1) is 11.3 Å². The Labute approximate surface area is 156 Å². The number of nitriles is 1. The van der Waals surface area contributed by atoms with Gasteiger partial charge >= 0.3 is 5.97 Å². The first-order valence-electron chi connectivity index (χ1n) is 6.89. The molecule has 5 nitrogen and oxygen atoms in total. The molecule has 0 aliphatic rings. The number of thiazole rings is 1. The van der Waals surface area contributed by atoms with E-state index in [9.17, 15) is 15.2 Å². The van der Waals surface area contributed by atoms with Crippen LogP contribution in [0.25, 0.3) is 5.70 Å². The normalized spacial score (nSPS) is 12.9. The van der Waals surface area contributed by atoms with Crippen molar-refractivity contribution in [2.24, 2.45) is 0 Å².